The number of carbonyl (C=O) groups excluding carboxylic acids is 2. The van der Waals surface area contributed by atoms with Crippen LogP contribution in [0, 0.1) is 5.92 Å². The van der Waals surface area contributed by atoms with E-state index in [1.54, 1.807) is 24.3 Å². The molecule has 4 aromatic rings. The maximum absolute atomic E-state index is 13.2. The minimum atomic E-state index is -4.34. The Hall–Kier alpha value is -4.27. The average molecular weight is 573 g/mol. The molecular weight excluding hydrogens is 540 g/mol. The van der Waals surface area contributed by atoms with E-state index in [1.807, 2.05) is 41.0 Å². The number of isocyanates is 1. The van der Waals surface area contributed by atoms with Gasteiger partial charge in [-0.15, -0.1) is 0 Å². The highest BCUT2D eigenvalue weighted by Gasteiger charge is 2.25. The second-order valence-electron chi connectivity index (χ2n) is 10.2. The van der Waals surface area contributed by atoms with Crippen molar-refractivity contribution in [2.45, 2.75) is 50.5 Å². The van der Waals surface area contributed by atoms with E-state index in [1.165, 1.54) is 26.0 Å². The fourth-order valence-electron chi connectivity index (χ4n) is 5.03. The Kier molecular flexibility index (Phi) is 8.33. The van der Waals surface area contributed by atoms with E-state index in [0.29, 0.717) is 45.6 Å². The predicted octanol–water partition coefficient (Wildman–Crippen LogP) is 5.73. The minimum absolute atomic E-state index is 0.0910. The molecule has 10 heteroatoms. The van der Waals surface area contributed by atoms with E-state index in [-0.39, 0.29) is 11.4 Å². The average Bonchev–Trinajstić information content (AvgIpc) is 3.75. The summed E-state index contributed by atoms with van der Waals surface area (Å²) in [6.07, 6.45) is 6.10. The Morgan fingerprint density at radius 3 is 2.66 bits per heavy atom. The van der Waals surface area contributed by atoms with E-state index in [2.05, 4.69) is 16.6 Å². The third kappa shape index (κ3) is 6.09. The van der Waals surface area contributed by atoms with Crippen LogP contribution in [0.25, 0.3) is 22.2 Å². The summed E-state index contributed by atoms with van der Waals surface area (Å²) >= 11 is 0. The number of unbranched alkanes of at least 4 members (excludes halogenated alkanes) is 1. The fraction of sp³-hybridized carbons (Fsp3) is 0.323. The van der Waals surface area contributed by atoms with Gasteiger partial charge in [0.1, 0.15) is 5.82 Å². The highest BCUT2D eigenvalue weighted by Crippen LogP contribution is 2.36. The molecule has 1 fully saturated rings. The van der Waals surface area contributed by atoms with E-state index in [0.717, 1.165) is 30.9 Å². The lowest BCUT2D eigenvalue weighted by Crippen LogP contribution is -2.10. The lowest BCUT2D eigenvalue weighted by atomic mass is 10.0. The molecule has 9 nitrogen and oxygen atoms in total. The molecule has 0 aliphatic heterocycles. The number of rotatable bonds is 12. The number of imidazole rings is 1. The highest BCUT2D eigenvalue weighted by atomic mass is 32.2. The van der Waals surface area contributed by atoms with E-state index in [9.17, 15) is 18.0 Å². The molecule has 1 aliphatic carbocycles. The molecule has 0 spiro atoms. The molecule has 0 saturated heterocycles. The number of nitrogens with zero attached hydrogens (tertiary/aromatic N) is 3. The number of nitrogens with one attached hydrogen (secondary N) is 1. The van der Waals surface area contributed by atoms with Crippen molar-refractivity contribution >= 4 is 38.8 Å². The molecule has 41 heavy (non-hydrogen) atoms. The molecule has 0 radical (unpaired) electrons. The number of fused-ring (bicyclic) bond motifs is 1. The Morgan fingerprint density at radius 2 is 1.93 bits per heavy atom. The van der Waals surface area contributed by atoms with Crippen molar-refractivity contribution in [1.82, 2.24) is 9.55 Å². The first-order chi connectivity index (χ1) is 19.9. The number of aryl methyl sites for hydroxylation is 1. The Labute approximate surface area is 239 Å². The molecule has 0 amide bonds. The van der Waals surface area contributed by atoms with Gasteiger partial charge in [0.25, 0.3) is 16.1 Å². The van der Waals surface area contributed by atoms with Gasteiger partial charge in [-0.25, -0.2) is 14.6 Å². The van der Waals surface area contributed by atoms with Crippen LogP contribution >= 0.6 is 0 Å². The molecule has 1 saturated carbocycles. The number of aromatic nitrogens is 2. The zero-order valence-electron chi connectivity index (χ0n) is 23.1. The van der Waals surface area contributed by atoms with Gasteiger partial charge in [-0.3, -0.25) is 0 Å². The van der Waals surface area contributed by atoms with Crippen LogP contribution in [0.3, 0.4) is 0 Å². The van der Waals surface area contributed by atoms with Crippen molar-refractivity contribution in [3.63, 3.8) is 0 Å². The van der Waals surface area contributed by atoms with Crippen LogP contribution < -0.4 is 5.32 Å². The molecule has 1 heterocycles. The Morgan fingerprint density at radius 1 is 1.12 bits per heavy atom. The number of para-hydroxylation sites is 2. The molecule has 1 aromatic heterocycles. The number of ether oxygens (including phenoxy) is 1. The van der Waals surface area contributed by atoms with Gasteiger partial charge >= 0.3 is 5.97 Å². The first-order valence-electron chi connectivity index (χ1n) is 13.7. The van der Waals surface area contributed by atoms with E-state index >= 15 is 0 Å². The molecular formula is C31H32N4O5S. The molecule has 0 bridgehead atoms. The normalized spacial score (nSPS) is 13.1. The smallest absolute Gasteiger partial charge is 0.340 e. The van der Waals surface area contributed by atoms with Crippen molar-refractivity contribution in [3.8, 4) is 11.1 Å². The first kappa shape index (κ1) is 28.3. The molecule has 1 aliphatic rings. The number of hydrogen-bond acceptors (Lipinski definition) is 7. The monoisotopic (exact) mass is 572 g/mol. The number of sulfonamides is 1. The van der Waals surface area contributed by atoms with Crippen LogP contribution in [0.4, 0.5) is 5.69 Å². The SMILES string of the molecule is CCCCc1nc2cccc(C(=O)OC)c2n1Cc1ccc(-c2ccccc2NCC2CC2)c(S(=O)(=O)N=C=O)c1. The van der Waals surface area contributed by atoms with Crippen molar-refractivity contribution in [2.24, 2.45) is 10.3 Å². The summed E-state index contributed by atoms with van der Waals surface area (Å²) < 4.78 is 36.6. The van der Waals surface area contributed by atoms with Gasteiger partial charge in [-0.1, -0.05) is 54.1 Å². The van der Waals surface area contributed by atoms with Gasteiger partial charge < -0.3 is 14.6 Å². The summed E-state index contributed by atoms with van der Waals surface area (Å²) in [6.45, 7) is 3.15. The summed E-state index contributed by atoms with van der Waals surface area (Å²) in [7, 11) is -3.01. The molecule has 0 atom stereocenters. The van der Waals surface area contributed by atoms with E-state index in [4.69, 9.17) is 9.72 Å². The van der Waals surface area contributed by atoms with Crippen LogP contribution in [-0.4, -0.2) is 43.7 Å². The zero-order chi connectivity index (χ0) is 29.0. The minimum Gasteiger partial charge on any atom is -0.465 e. The van der Waals surface area contributed by atoms with Gasteiger partial charge in [0.15, 0.2) is 0 Å². The van der Waals surface area contributed by atoms with Gasteiger partial charge in [-0.2, -0.15) is 8.42 Å². The van der Waals surface area contributed by atoms with Crippen molar-refractivity contribution < 1.29 is 22.7 Å². The second kappa shape index (κ2) is 12.1. The predicted molar refractivity (Wildman–Crippen MR) is 157 cm³/mol. The van der Waals surface area contributed by atoms with Gasteiger partial charge in [0.2, 0.25) is 0 Å². The van der Waals surface area contributed by atoms with Crippen LogP contribution in [0.5, 0.6) is 0 Å². The maximum Gasteiger partial charge on any atom is 0.340 e. The maximum atomic E-state index is 13.2. The molecule has 212 valence electrons. The van der Waals surface area contributed by atoms with Crippen molar-refractivity contribution in [2.75, 3.05) is 19.0 Å². The molecule has 1 N–H and O–H groups in total. The van der Waals surface area contributed by atoms with Crippen LogP contribution in [-0.2, 0) is 32.5 Å². The van der Waals surface area contributed by atoms with Crippen molar-refractivity contribution in [3.05, 3.63) is 77.6 Å². The third-order valence-electron chi connectivity index (χ3n) is 7.32. The number of anilines is 1. The highest BCUT2D eigenvalue weighted by molar-refractivity contribution is 7.90. The summed E-state index contributed by atoms with van der Waals surface area (Å²) in [5.41, 5.74) is 4.25. The number of carbonyl (C=O) groups is 1. The quantitative estimate of drug-likeness (QED) is 0.131. The molecule has 3 aromatic carbocycles. The zero-order valence-corrected chi connectivity index (χ0v) is 23.9. The largest absolute Gasteiger partial charge is 0.465 e. The van der Waals surface area contributed by atoms with Crippen molar-refractivity contribution in [1.29, 1.82) is 0 Å². The summed E-state index contributed by atoms with van der Waals surface area (Å²) in [6, 6.07) is 17.9. The van der Waals surface area contributed by atoms with E-state index < -0.39 is 16.0 Å². The van der Waals surface area contributed by atoms with Crippen LogP contribution in [0.15, 0.2) is 70.0 Å². The fourth-order valence-corrected chi connectivity index (χ4v) is 5.99. The number of methoxy groups -OCH3 is 1. The number of hydrogen-bond donors (Lipinski definition) is 1. The van der Waals surface area contributed by atoms with Gasteiger partial charge in [-0.05, 0) is 55.0 Å². The standard InChI is InChI=1S/C31H32N4O5S/c1-3-4-12-29-34-27-11-7-9-25(31(37)40-2)30(27)35(29)19-22-15-16-24(28(17-22)41(38,39)33-20-36)23-8-5-6-10-26(23)32-18-21-13-14-21/h5-11,15-17,21,32H,3-4,12-14,18-19H2,1-2H3. The topological polar surface area (TPSA) is 120 Å². The van der Waals surface area contributed by atoms with Crippen LogP contribution in [0.1, 0.15) is 54.4 Å². The van der Waals surface area contributed by atoms with Gasteiger partial charge in [0, 0.05) is 36.3 Å². The van der Waals surface area contributed by atoms with Crippen LogP contribution in [0.2, 0.25) is 0 Å². The lowest BCUT2D eigenvalue weighted by molar-refractivity contribution is 0.0602. The van der Waals surface area contributed by atoms with Gasteiger partial charge in [0.05, 0.1) is 28.6 Å². The second-order valence-corrected chi connectivity index (χ2v) is 11.8. The molecule has 0 unspecified atom stereocenters. The summed E-state index contributed by atoms with van der Waals surface area (Å²) in [4.78, 5) is 28.5. The Balaban J connectivity index is 1.64. The number of esters is 1. The lowest BCUT2D eigenvalue weighted by Gasteiger charge is -2.16. The third-order valence-corrected chi connectivity index (χ3v) is 8.53. The molecule has 5 rings (SSSR count). The number of benzene rings is 3. The summed E-state index contributed by atoms with van der Waals surface area (Å²) in [5.74, 6) is 0.926. The first-order valence-corrected chi connectivity index (χ1v) is 15.2. The summed E-state index contributed by atoms with van der Waals surface area (Å²) in [5, 5.41) is 3.45. The Bertz CT molecular complexity index is 1750.